The molecule has 0 saturated heterocycles. The Morgan fingerprint density at radius 1 is 1.36 bits per heavy atom. The van der Waals surface area contributed by atoms with Crippen LogP contribution in [-0.2, 0) is 4.74 Å². The summed E-state index contributed by atoms with van der Waals surface area (Å²) in [7, 11) is 0. The molecule has 0 saturated carbocycles. The number of halogens is 1. The molecule has 0 spiro atoms. The molecule has 0 heterocycles. The Morgan fingerprint density at radius 2 is 1.79 bits per heavy atom. The van der Waals surface area contributed by atoms with Gasteiger partial charge >= 0.3 is 18.9 Å². The summed E-state index contributed by atoms with van der Waals surface area (Å²) in [5, 5.41) is 0. The van der Waals surface area contributed by atoms with Gasteiger partial charge in [0.1, 0.15) is 0 Å². The van der Waals surface area contributed by atoms with E-state index >= 15 is 0 Å². The fourth-order valence-corrected chi connectivity index (χ4v) is 1.14. The van der Waals surface area contributed by atoms with Crippen molar-refractivity contribution in [3.8, 4) is 0 Å². The van der Waals surface area contributed by atoms with Gasteiger partial charge < -0.3 is 14.4 Å². The molecule has 0 fully saturated rings. The van der Waals surface area contributed by atoms with Crippen LogP contribution in [0.4, 0.5) is 9.18 Å². The van der Waals surface area contributed by atoms with Crippen molar-refractivity contribution in [2.75, 3.05) is 0 Å². The summed E-state index contributed by atoms with van der Waals surface area (Å²) in [5.74, 6) is 0. The summed E-state index contributed by atoms with van der Waals surface area (Å²) in [5.41, 5.74) is 0. The molecule has 1 amide bonds. The second kappa shape index (κ2) is 7.90. The van der Waals surface area contributed by atoms with E-state index in [1.54, 1.807) is 6.26 Å². The van der Waals surface area contributed by atoms with E-state index in [1.165, 1.54) is 4.90 Å². The van der Waals surface area contributed by atoms with E-state index < -0.39 is 6.09 Å². The van der Waals surface area contributed by atoms with Crippen LogP contribution in [0.5, 0.6) is 0 Å². The van der Waals surface area contributed by atoms with Crippen LogP contribution in [0.3, 0.4) is 0 Å². The standard InChI is InChI=1S/C9H15FNO2.Li/c1-7(2)11(8(3)4)9(12)13-6-5-10;/h5,7-8H,1-4H3;/q-1;+1. The summed E-state index contributed by atoms with van der Waals surface area (Å²) in [6, 6.07) is 0.0443. The summed E-state index contributed by atoms with van der Waals surface area (Å²) < 4.78 is 15.9. The zero-order chi connectivity index (χ0) is 10.4. The minimum Gasteiger partial charge on any atom is -0.600 e. The van der Waals surface area contributed by atoms with Crippen LogP contribution in [0.1, 0.15) is 27.7 Å². The van der Waals surface area contributed by atoms with Gasteiger partial charge in [-0.2, -0.15) is 0 Å². The smallest absolute Gasteiger partial charge is 0.600 e. The molecule has 3 nitrogen and oxygen atoms in total. The van der Waals surface area contributed by atoms with Gasteiger partial charge in [-0.05, 0) is 34.0 Å². The molecule has 0 atom stereocenters. The molecule has 0 radical (unpaired) electrons. The molecule has 0 aromatic rings. The van der Waals surface area contributed by atoms with Gasteiger partial charge in [0.2, 0.25) is 6.09 Å². The third-order valence-corrected chi connectivity index (χ3v) is 1.51. The van der Waals surface area contributed by atoms with E-state index in [0.717, 1.165) is 0 Å². The molecule has 0 aliphatic heterocycles. The summed E-state index contributed by atoms with van der Waals surface area (Å²) in [6.07, 6.45) is 1.24. The van der Waals surface area contributed by atoms with E-state index in [1.807, 2.05) is 27.7 Å². The van der Waals surface area contributed by atoms with Crippen LogP contribution in [0, 0.1) is 6.26 Å². The normalized spacial score (nSPS) is 10.5. The van der Waals surface area contributed by atoms with Crippen molar-refractivity contribution in [1.82, 2.24) is 4.90 Å². The second-order valence-electron chi connectivity index (χ2n) is 3.19. The largest absolute Gasteiger partial charge is 1.00 e. The Bertz CT molecular complexity index is 187. The topological polar surface area (TPSA) is 29.5 Å². The van der Waals surface area contributed by atoms with E-state index in [-0.39, 0.29) is 37.3 Å². The van der Waals surface area contributed by atoms with Gasteiger partial charge in [0.25, 0.3) is 0 Å². The molecule has 0 aromatic heterocycles. The molecule has 0 aliphatic rings. The third kappa shape index (κ3) is 5.31. The van der Waals surface area contributed by atoms with E-state index in [9.17, 15) is 9.18 Å². The van der Waals surface area contributed by atoms with Gasteiger partial charge in [-0.3, -0.25) is 0 Å². The van der Waals surface area contributed by atoms with Gasteiger partial charge in [-0.25, -0.2) is 4.39 Å². The van der Waals surface area contributed by atoms with Gasteiger partial charge in [-0.1, -0.05) is 0 Å². The number of carbonyl (C=O) groups excluding carboxylic acids is 1. The predicted octanol–water partition coefficient (Wildman–Crippen LogP) is -0.510. The molecule has 0 aromatic carbocycles. The number of hydrogen-bond acceptors (Lipinski definition) is 2. The average Bonchev–Trinajstić information content (AvgIpc) is 1.99. The maximum atomic E-state index is 11.5. The minimum absolute atomic E-state index is 0. The van der Waals surface area contributed by atoms with Gasteiger partial charge in [0.15, 0.2) is 0 Å². The third-order valence-electron chi connectivity index (χ3n) is 1.51. The molecule has 5 heteroatoms. The number of rotatable bonds is 3. The predicted molar refractivity (Wildman–Crippen MR) is 47.5 cm³/mol. The first-order chi connectivity index (χ1) is 6.00. The zero-order valence-corrected chi connectivity index (χ0v) is 9.37. The van der Waals surface area contributed by atoms with Gasteiger partial charge in [0, 0.05) is 18.4 Å². The average molecular weight is 195 g/mol. The Hall–Kier alpha value is -0.463. The number of hydrogen-bond donors (Lipinski definition) is 0. The number of amides is 1. The van der Waals surface area contributed by atoms with Crippen LogP contribution in [0.25, 0.3) is 0 Å². The summed E-state index contributed by atoms with van der Waals surface area (Å²) in [6.45, 7) is 7.45. The summed E-state index contributed by atoms with van der Waals surface area (Å²) in [4.78, 5) is 12.7. The number of carbonyl (C=O) groups is 1. The van der Waals surface area contributed by atoms with Gasteiger partial charge in [-0.15, -0.1) is 0 Å². The molecule has 76 valence electrons. The quantitative estimate of drug-likeness (QED) is 0.345. The van der Waals surface area contributed by atoms with Crippen molar-refractivity contribution in [3.63, 3.8) is 0 Å². The van der Waals surface area contributed by atoms with Crippen LogP contribution in [0.2, 0.25) is 0 Å². The minimum atomic E-state index is -0.584. The first kappa shape index (κ1) is 16.0. The van der Waals surface area contributed by atoms with Crippen LogP contribution in [-0.4, -0.2) is 23.1 Å². The second-order valence-corrected chi connectivity index (χ2v) is 3.19. The first-order valence-corrected chi connectivity index (χ1v) is 4.17. The van der Waals surface area contributed by atoms with Crippen molar-refractivity contribution < 1.29 is 32.8 Å². The molecular formula is C9H15FLiNO2. The van der Waals surface area contributed by atoms with Crippen molar-refractivity contribution in [1.29, 1.82) is 0 Å². The van der Waals surface area contributed by atoms with Crippen molar-refractivity contribution in [3.05, 3.63) is 12.6 Å². The fourth-order valence-electron chi connectivity index (χ4n) is 1.14. The molecule has 0 bridgehead atoms. The zero-order valence-electron chi connectivity index (χ0n) is 9.37. The van der Waals surface area contributed by atoms with Gasteiger partial charge in [0.05, 0.1) is 0 Å². The van der Waals surface area contributed by atoms with E-state index in [0.29, 0.717) is 0 Å². The van der Waals surface area contributed by atoms with Crippen molar-refractivity contribution in [2.24, 2.45) is 0 Å². The van der Waals surface area contributed by atoms with E-state index in [4.69, 9.17) is 0 Å². The Kier molecular flexibility index (Phi) is 9.02. The van der Waals surface area contributed by atoms with Crippen LogP contribution in [0.15, 0.2) is 6.33 Å². The molecule has 0 unspecified atom stereocenters. The molecular weight excluding hydrogens is 180 g/mol. The van der Waals surface area contributed by atoms with Crippen LogP contribution >= 0.6 is 0 Å². The molecule has 0 aliphatic carbocycles. The summed E-state index contributed by atoms with van der Waals surface area (Å²) >= 11 is 0. The van der Waals surface area contributed by atoms with Crippen molar-refractivity contribution in [2.45, 2.75) is 39.8 Å². The molecule has 0 N–H and O–H groups in total. The van der Waals surface area contributed by atoms with E-state index in [2.05, 4.69) is 4.74 Å². The number of ether oxygens (including phenoxy) is 1. The maximum Gasteiger partial charge on any atom is 1.00 e. The molecule has 14 heavy (non-hydrogen) atoms. The Morgan fingerprint density at radius 3 is 2.07 bits per heavy atom. The maximum absolute atomic E-state index is 11.5. The van der Waals surface area contributed by atoms with Crippen molar-refractivity contribution >= 4 is 6.09 Å². The Labute approximate surface area is 96.5 Å². The fraction of sp³-hybridized carbons (Fsp3) is 0.667. The monoisotopic (exact) mass is 195 g/mol. The SMILES string of the molecule is CC(C)N(C(=O)O[C-]=CF)C(C)C.[Li+]. The first-order valence-electron chi connectivity index (χ1n) is 4.17. The Balaban J connectivity index is 0. The number of nitrogens with zero attached hydrogens (tertiary/aromatic N) is 1. The molecule has 0 rings (SSSR count). The van der Waals surface area contributed by atoms with Crippen LogP contribution < -0.4 is 18.9 Å².